The van der Waals surface area contributed by atoms with Gasteiger partial charge in [0.1, 0.15) is 5.75 Å². The molecule has 0 fully saturated rings. The Bertz CT molecular complexity index is 984. The molecule has 9 heteroatoms. The zero-order valence-corrected chi connectivity index (χ0v) is 14.6. The van der Waals surface area contributed by atoms with Crippen LogP contribution in [0.5, 0.6) is 5.75 Å². The minimum absolute atomic E-state index is 0.464. The van der Waals surface area contributed by atoms with Gasteiger partial charge in [0.25, 0.3) is 0 Å². The van der Waals surface area contributed by atoms with E-state index in [1.54, 1.807) is 11.8 Å². The van der Waals surface area contributed by atoms with Crippen molar-refractivity contribution >= 4 is 11.8 Å². The monoisotopic (exact) mass is 366 g/mol. The molecule has 4 aromatic rings. The molecule has 0 unspecified atom stereocenters. The highest BCUT2D eigenvalue weighted by Crippen LogP contribution is 2.25. The molecule has 26 heavy (non-hydrogen) atoms. The molecule has 2 heterocycles. The van der Waals surface area contributed by atoms with Crippen molar-refractivity contribution < 1.29 is 9.15 Å². The second-order valence-electron chi connectivity index (χ2n) is 5.23. The van der Waals surface area contributed by atoms with E-state index >= 15 is 0 Å². The fourth-order valence-electron chi connectivity index (χ4n) is 2.29. The molecule has 0 aliphatic heterocycles. The van der Waals surface area contributed by atoms with E-state index < -0.39 is 0 Å². The summed E-state index contributed by atoms with van der Waals surface area (Å²) in [5.41, 5.74) is 1.73. The highest BCUT2D eigenvalue weighted by Gasteiger charge is 2.13. The molecule has 0 aliphatic carbocycles. The number of ether oxygens (including phenoxy) is 1. The molecule has 0 radical (unpaired) electrons. The molecule has 0 aliphatic rings. The number of rotatable bonds is 6. The third-order valence-electron chi connectivity index (χ3n) is 3.57. The number of para-hydroxylation sites is 1. The van der Waals surface area contributed by atoms with E-state index in [4.69, 9.17) is 9.15 Å². The molecular weight excluding hydrogens is 352 g/mol. The van der Waals surface area contributed by atoms with Gasteiger partial charge in [0, 0.05) is 5.56 Å². The summed E-state index contributed by atoms with van der Waals surface area (Å²) in [5, 5.41) is 20.7. The Morgan fingerprint density at radius 3 is 2.58 bits per heavy atom. The van der Waals surface area contributed by atoms with Crippen LogP contribution in [-0.4, -0.2) is 37.5 Å². The van der Waals surface area contributed by atoms with E-state index in [-0.39, 0.29) is 0 Å². The number of benzene rings is 2. The molecule has 0 saturated heterocycles. The number of thioether (sulfide) groups is 1. The van der Waals surface area contributed by atoms with Crippen LogP contribution in [0.3, 0.4) is 0 Å². The molecule has 0 spiro atoms. The molecule has 0 N–H and O–H groups in total. The molecule has 0 saturated carbocycles. The summed E-state index contributed by atoms with van der Waals surface area (Å²) < 4.78 is 12.5. The van der Waals surface area contributed by atoms with Crippen LogP contribution in [0, 0.1) is 0 Å². The second-order valence-corrected chi connectivity index (χ2v) is 6.17. The Morgan fingerprint density at radius 1 is 1.00 bits per heavy atom. The van der Waals surface area contributed by atoms with Gasteiger partial charge >= 0.3 is 0 Å². The Morgan fingerprint density at radius 2 is 1.81 bits per heavy atom. The first-order chi connectivity index (χ1) is 12.8. The van der Waals surface area contributed by atoms with Crippen molar-refractivity contribution in [2.75, 3.05) is 7.11 Å². The standard InChI is InChI=1S/C17H14N6O2S/c1-24-14-9-7-12(8-10-14)16-19-18-15(25-16)11-26-17-20-21-22-23(17)13-5-3-2-4-6-13/h2-10H,11H2,1H3. The summed E-state index contributed by atoms with van der Waals surface area (Å²) >= 11 is 1.43. The average molecular weight is 366 g/mol. The summed E-state index contributed by atoms with van der Waals surface area (Å²) in [4.78, 5) is 0. The topological polar surface area (TPSA) is 91.8 Å². The van der Waals surface area contributed by atoms with Crippen LogP contribution in [0.2, 0.25) is 0 Å². The van der Waals surface area contributed by atoms with Gasteiger partial charge in [0.15, 0.2) is 0 Å². The van der Waals surface area contributed by atoms with Crippen LogP contribution in [0.15, 0.2) is 64.2 Å². The van der Waals surface area contributed by atoms with Gasteiger partial charge in [-0.25, -0.2) is 0 Å². The van der Waals surface area contributed by atoms with Crippen LogP contribution < -0.4 is 4.74 Å². The quantitative estimate of drug-likeness (QED) is 0.481. The maximum absolute atomic E-state index is 5.73. The summed E-state index contributed by atoms with van der Waals surface area (Å²) in [6.07, 6.45) is 0. The van der Waals surface area contributed by atoms with E-state index in [0.717, 1.165) is 17.0 Å². The summed E-state index contributed by atoms with van der Waals surface area (Å²) in [6, 6.07) is 17.1. The number of tetrazole rings is 1. The average Bonchev–Trinajstić information content (AvgIpc) is 3.36. The Balaban J connectivity index is 1.46. The number of aromatic nitrogens is 6. The minimum Gasteiger partial charge on any atom is -0.497 e. The molecule has 0 amide bonds. The number of hydrogen-bond acceptors (Lipinski definition) is 8. The lowest BCUT2D eigenvalue weighted by atomic mass is 10.2. The fourth-order valence-corrected chi connectivity index (χ4v) is 3.02. The van der Waals surface area contributed by atoms with Gasteiger partial charge < -0.3 is 9.15 Å². The molecule has 8 nitrogen and oxygen atoms in total. The zero-order valence-electron chi connectivity index (χ0n) is 13.8. The zero-order chi connectivity index (χ0) is 17.8. The molecule has 130 valence electrons. The first-order valence-corrected chi connectivity index (χ1v) is 8.75. The largest absolute Gasteiger partial charge is 0.497 e. The maximum Gasteiger partial charge on any atom is 0.247 e. The SMILES string of the molecule is COc1ccc(-c2nnc(CSc3nnnn3-c3ccccc3)o2)cc1. The summed E-state index contributed by atoms with van der Waals surface area (Å²) in [5.74, 6) is 2.21. The van der Waals surface area contributed by atoms with Crippen LogP contribution in [0.1, 0.15) is 5.89 Å². The Labute approximate surface area is 153 Å². The van der Waals surface area contributed by atoms with Crippen molar-refractivity contribution in [3.05, 3.63) is 60.5 Å². The van der Waals surface area contributed by atoms with E-state index in [9.17, 15) is 0 Å². The van der Waals surface area contributed by atoms with Gasteiger partial charge in [-0.3, -0.25) is 0 Å². The maximum atomic E-state index is 5.73. The van der Waals surface area contributed by atoms with Crippen molar-refractivity contribution in [1.82, 2.24) is 30.4 Å². The Hall–Kier alpha value is -3.20. The number of hydrogen-bond donors (Lipinski definition) is 0. The summed E-state index contributed by atoms with van der Waals surface area (Å²) in [7, 11) is 1.63. The number of methoxy groups -OCH3 is 1. The first-order valence-electron chi connectivity index (χ1n) is 7.77. The van der Waals surface area contributed by atoms with Crippen molar-refractivity contribution in [2.45, 2.75) is 10.9 Å². The van der Waals surface area contributed by atoms with Crippen LogP contribution in [0.25, 0.3) is 17.1 Å². The van der Waals surface area contributed by atoms with Gasteiger partial charge in [-0.05, 0) is 46.8 Å². The van der Waals surface area contributed by atoms with E-state index in [0.29, 0.717) is 22.7 Å². The minimum atomic E-state index is 0.464. The molecule has 2 aromatic heterocycles. The van der Waals surface area contributed by atoms with Crippen molar-refractivity contribution in [2.24, 2.45) is 0 Å². The van der Waals surface area contributed by atoms with Crippen LogP contribution in [0.4, 0.5) is 0 Å². The van der Waals surface area contributed by atoms with Crippen LogP contribution in [-0.2, 0) is 5.75 Å². The van der Waals surface area contributed by atoms with E-state index in [1.165, 1.54) is 11.8 Å². The van der Waals surface area contributed by atoms with Gasteiger partial charge in [-0.2, -0.15) is 4.68 Å². The Kier molecular flexibility index (Phi) is 4.61. The second kappa shape index (κ2) is 7.36. The third-order valence-corrected chi connectivity index (χ3v) is 4.47. The lowest BCUT2D eigenvalue weighted by molar-refractivity contribution is 0.415. The number of nitrogens with zero attached hydrogens (tertiary/aromatic N) is 6. The molecule has 4 rings (SSSR count). The molecular formula is C17H14N6O2S. The van der Waals surface area contributed by atoms with Gasteiger partial charge in [0.05, 0.1) is 18.6 Å². The molecule has 2 aromatic carbocycles. The molecule has 0 bridgehead atoms. The lowest BCUT2D eigenvalue weighted by Gasteiger charge is -2.02. The van der Waals surface area contributed by atoms with Crippen molar-refractivity contribution in [1.29, 1.82) is 0 Å². The van der Waals surface area contributed by atoms with E-state index in [2.05, 4.69) is 25.7 Å². The van der Waals surface area contributed by atoms with Gasteiger partial charge in [-0.15, -0.1) is 15.3 Å². The van der Waals surface area contributed by atoms with Gasteiger partial charge in [-0.1, -0.05) is 30.0 Å². The van der Waals surface area contributed by atoms with Crippen molar-refractivity contribution in [3.63, 3.8) is 0 Å². The predicted octanol–water partition coefficient (Wildman–Crippen LogP) is 3.01. The van der Waals surface area contributed by atoms with Crippen molar-refractivity contribution in [3.8, 4) is 22.9 Å². The van der Waals surface area contributed by atoms with Gasteiger partial charge in [0.2, 0.25) is 16.9 Å². The third kappa shape index (κ3) is 3.42. The smallest absolute Gasteiger partial charge is 0.247 e. The highest BCUT2D eigenvalue weighted by molar-refractivity contribution is 7.98. The normalized spacial score (nSPS) is 10.8. The fraction of sp³-hybridized carbons (Fsp3) is 0.118. The summed E-state index contributed by atoms with van der Waals surface area (Å²) in [6.45, 7) is 0. The highest BCUT2D eigenvalue weighted by atomic mass is 32.2. The van der Waals surface area contributed by atoms with E-state index in [1.807, 2.05) is 54.6 Å². The predicted molar refractivity (Wildman–Crippen MR) is 95.0 cm³/mol. The molecule has 0 atom stereocenters. The first kappa shape index (κ1) is 16.3. The van der Waals surface area contributed by atoms with Crippen LogP contribution >= 0.6 is 11.8 Å². The lowest BCUT2D eigenvalue weighted by Crippen LogP contribution is -1.98.